The first kappa shape index (κ1) is 16.4. The van der Waals surface area contributed by atoms with Crippen LogP contribution in [0.25, 0.3) is 0 Å². The number of rotatable bonds is 6. The van der Waals surface area contributed by atoms with Crippen LogP contribution in [0.2, 0.25) is 0 Å². The lowest BCUT2D eigenvalue weighted by molar-refractivity contribution is -0.121. The molecule has 8 heteroatoms. The van der Waals surface area contributed by atoms with Gasteiger partial charge in [-0.2, -0.15) is 4.31 Å². The molecule has 0 saturated heterocycles. The minimum atomic E-state index is -3.73. The summed E-state index contributed by atoms with van der Waals surface area (Å²) >= 11 is 0. The van der Waals surface area contributed by atoms with Crippen molar-refractivity contribution < 1.29 is 13.2 Å². The Morgan fingerprint density at radius 1 is 1.45 bits per heavy atom. The largest absolute Gasteiger partial charge is 0.384 e. The Bertz CT molecular complexity index is 555. The number of carbonyl (C=O) groups is 1. The second kappa shape index (κ2) is 6.67. The van der Waals surface area contributed by atoms with Crippen molar-refractivity contribution in [2.75, 3.05) is 25.9 Å². The molecular weight excluding hydrogens is 280 g/mol. The first-order valence-corrected chi connectivity index (χ1v) is 7.62. The number of carbonyl (C=O) groups excluding carboxylic acids is 1. The Kier molecular flexibility index (Phi) is 5.46. The van der Waals surface area contributed by atoms with Crippen molar-refractivity contribution in [1.82, 2.24) is 14.6 Å². The molecule has 1 aromatic rings. The minimum absolute atomic E-state index is 0.00543. The van der Waals surface area contributed by atoms with E-state index in [-0.39, 0.29) is 23.2 Å². The summed E-state index contributed by atoms with van der Waals surface area (Å²) in [6, 6.07) is 2.76. The summed E-state index contributed by atoms with van der Waals surface area (Å²) in [6.07, 6.45) is 1.17. The van der Waals surface area contributed by atoms with Crippen LogP contribution in [0.1, 0.15) is 13.8 Å². The normalized spacial score (nSPS) is 11.8. The van der Waals surface area contributed by atoms with Crippen LogP contribution in [0, 0.1) is 5.92 Å². The molecular formula is C12H20N4O3S. The van der Waals surface area contributed by atoms with Crippen LogP contribution in [0.15, 0.2) is 23.2 Å². The van der Waals surface area contributed by atoms with E-state index in [4.69, 9.17) is 5.73 Å². The van der Waals surface area contributed by atoms with Gasteiger partial charge >= 0.3 is 0 Å². The average molecular weight is 300 g/mol. The molecule has 0 aromatic carbocycles. The zero-order valence-electron chi connectivity index (χ0n) is 11.8. The van der Waals surface area contributed by atoms with Crippen molar-refractivity contribution in [2.24, 2.45) is 5.92 Å². The highest BCUT2D eigenvalue weighted by atomic mass is 32.2. The quantitative estimate of drug-likeness (QED) is 0.772. The topological polar surface area (TPSA) is 105 Å². The van der Waals surface area contributed by atoms with Crippen molar-refractivity contribution in [3.05, 3.63) is 18.3 Å². The Labute approximate surface area is 119 Å². The fraction of sp³-hybridized carbons (Fsp3) is 0.500. The molecule has 0 spiro atoms. The van der Waals surface area contributed by atoms with Crippen LogP contribution in [-0.4, -0.2) is 43.8 Å². The molecule has 7 nitrogen and oxygen atoms in total. The van der Waals surface area contributed by atoms with Gasteiger partial charge in [0, 0.05) is 19.8 Å². The molecule has 3 N–H and O–H groups in total. The molecule has 112 valence electrons. The van der Waals surface area contributed by atoms with Gasteiger partial charge in [0.15, 0.2) is 0 Å². The molecule has 20 heavy (non-hydrogen) atoms. The number of aromatic nitrogens is 1. The molecule has 0 atom stereocenters. The number of hydrogen-bond donors (Lipinski definition) is 2. The van der Waals surface area contributed by atoms with E-state index in [0.29, 0.717) is 12.5 Å². The van der Waals surface area contributed by atoms with Gasteiger partial charge in [-0.3, -0.25) is 4.79 Å². The third kappa shape index (κ3) is 4.46. The SMILES string of the molecule is CC(C)CNC(=O)CN(C)S(=O)(=O)c1ccc(N)nc1. The van der Waals surface area contributed by atoms with E-state index in [9.17, 15) is 13.2 Å². The lowest BCUT2D eigenvalue weighted by atomic mass is 10.2. The maximum absolute atomic E-state index is 12.2. The number of amides is 1. The smallest absolute Gasteiger partial charge is 0.244 e. The van der Waals surface area contributed by atoms with Crippen LogP contribution < -0.4 is 11.1 Å². The van der Waals surface area contributed by atoms with Crippen LogP contribution in [0.3, 0.4) is 0 Å². The summed E-state index contributed by atoms with van der Waals surface area (Å²) in [5, 5.41) is 2.67. The van der Waals surface area contributed by atoms with Crippen LogP contribution in [0.5, 0.6) is 0 Å². The predicted molar refractivity (Wildman–Crippen MR) is 76.3 cm³/mol. The molecule has 0 radical (unpaired) electrons. The molecule has 0 aliphatic heterocycles. The number of likely N-dealkylation sites (N-methyl/N-ethyl adjacent to an activating group) is 1. The lowest BCUT2D eigenvalue weighted by Gasteiger charge is -2.17. The van der Waals surface area contributed by atoms with Crippen molar-refractivity contribution in [1.29, 1.82) is 0 Å². The van der Waals surface area contributed by atoms with E-state index in [1.807, 2.05) is 13.8 Å². The molecule has 0 saturated carbocycles. The fourth-order valence-corrected chi connectivity index (χ4v) is 2.46. The number of nitrogens with two attached hydrogens (primary N) is 1. The van der Waals surface area contributed by atoms with E-state index < -0.39 is 10.0 Å². The monoisotopic (exact) mass is 300 g/mol. The Balaban J connectivity index is 2.72. The third-order valence-electron chi connectivity index (χ3n) is 2.54. The predicted octanol–water partition coefficient (Wildman–Crippen LogP) is 0.0565. The summed E-state index contributed by atoms with van der Waals surface area (Å²) in [5.41, 5.74) is 5.41. The van der Waals surface area contributed by atoms with Crippen molar-refractivity contribution in [3.8, 4) is 0 Å². The summed E-state index contributed by atoms with van der Waals surface area (Å²) < 4.78 is 25.3. The summed E-state index contributed by atoms with van der Waals surface area (Å²) in [7, 11) is -2.39. The van der Waals surface area contributed by atoms with E-state index in [2.05, 4.69) is 10.3 Å². The van der Waals surface area contributed by atoms with E-state index in [1.165, 1.54) is 25.4 Å². The van der Waals surface area contributed by atoms with Gasteiger partial charge in [-0.25, -0.2) is 13.4 Å². The van der Waals surface area contributed by atoms with Gasteiger partial charge in [-0.15, -0.1) is 0 Å². The number of nitrogen functional groups attached to an aromatic ring is 1. The van der Waals surface area contributed by atoms with Gasteiger partial charge < -0.3 is 11.1 Å². The maximum Gasteiger partial charge on any atom is 0.244 e. The van der Waals surface area contributed by atoms with Crippen LogP contribution >= 0.6 is 0 Å². The molecule has 1 rings (SSSR count). The van der Waals surface area contributed by atoms with Crippen molar-refractivity contribution >= 4 is 21.7 Å². The lowest BCUT2D eigenvalue weighted by Crippen LogP contribution is -2.39. The molecule has 1 amide bonds. The summed E-state index contributed by atoms with van der Waals surface area (Å²) in [4.78, 5) is 15.4. The Morgan fingerprint density at radius 2 is 2.10 bits per heavy atom. The Morgan fingerprint density at radius 3 is 2.60 bits per heavy atom. The number of anilines is 1. The first-order valence-electron chi connectivity index (χ1n) is 6.18. The Hall–Kier alpha value is -1.67. The second-order valence-corrected chi connectivity index (χ2v) is 6.92. The maximum atomic E-state index is 12.2. The zero-order valence-corrected chi connectivity index (χ0v) is 12.6. The molecule has 0 unspecified atom stereocenters. The molecule has 1 aromatic heterocycles. The second-order valence-electron chi connectivity index (χ2n) is 4.88. The highest BCUT2D eigenvalue weighted by Crippen LogP contribution is 2.13. The summed E-state index contributed by atoms with van der Waals surface area (Å²) in [5.74, 6) is 0.205. The highest BCUT2D eigenvalue weighted by Gasteiger charge is 2.23. The van der Waals surface area contributed by atoms with Crippen LogP contribution in [0.4, 0.5) is 5.82 Å². The standard InChI is InChI=1S/C12H20N4O3S/c1-9(2)6-15-12(17)8-16(3)20(18,19)10-4-5-11(13)14-7-10/h4-5,7,9H,6,8H2,1-3H3,(H2,13,14)(H,15,17). The third-order valence-corrected chi connectivity index (χ3v) is 4.33. The van der Waals surface area contributed by atoms with Gasteiger partial charge in [0.1, 0.15) is 10.7 Å². The van der Waals surface area contributed by atoms with Crippen molar-refractivity contribution in [3.63, 3.8) is 0 Å². The van der Waals surface area contributed by atoms with E-state index in [0.717, 1.165) is 4.31 Å². The minimum Gasteiger partial charge on any atom is -0.384 e. The van der Waals surface area contributed by atoms with Gasteiger partial charge in [-0.05, 0) is 18.1 Å². The average Bonchev–Trinajstić information content (AvgIpc) is 2.36. The zero-order chi connectivity index (χ0) is 15.3. The van der Waals surface area contributed by atoms with Gasteiger partial charge in [0.2, 0.25) is 15.9 Å². The number of nitrogens with zero attached hydrogens (tertiary/aromatic N) is 2. The van der Waals surface area contributed by atoms with Crippen LogP contribution in [-0.2, 0) is 14.8 Å². The first-order chi connectivity index (χ1) is 9.23. The van der Waals surface area contributed by atoms with Crippen molar-refractivity contribution in [2.45, 2.75) is 18.7 Å². The molecule has 1 heterocycles. The number of hydrogen-bond acceptors (Lipinski definition) is 5. The molecule has 0 aliphatic rings. The van der Waals surface area contributed by atoms with Gasteiger partial charge in [-0.1, -0.05) is 13.8 Å². The molecule has 0 bridgehead atoms. The van der Waals surface area contributed by atoms with Gasteiger partial charge in [0.05, 0.1) is 6.54 Å². The highest BCUT2D eigenvalue weighted by molar-refractivity contribution is 7.89. The number of sulfonamides is 1. The molecule has 0 fully saturated rings. The van der Waals surface area contributed by atoms with E-state index >= 15 is 0 Å². The van der Waals surface area contributed by atoms with E-state index in [1.54, 1.807) is 0 Å². The number of pyridine rings is 1. The summed E-state index contributed by atoms with van der Waals surface area (Å²) in [6.45, 7) is 4.19. The van der Waals surface area contributed by atoms with Gasteiger partial charge in [0.25, 0.3) is 0 Å². The molecule has 0 aliphatic carbocycles. The number of nitrogens with one attached hydrogen (secondary N) is 1. The fourth-order valence-electron chi connectivity index (χ4n) is 1.39.